The Kier molecular flexibility index (Phi) is 3.56. The number of benzene rings is 1. The van der Waals surface area contributed by atoms with Gasteiger partial charge in [-0.15, -0.1) is 11.6 Å². The largest absolute Gasteiger partial charge is 0.506 e. The predicted molar refractivity (Wildman–Crippen MR) is 56.0 cm³/mol. The minimum atomic E-state index is -1.62. The van der Waals surface area contributed by atoms with E-state index < -0.39 is 27.7 Å². The number of hydrogen-bond donors (Lipinski definition) is 2. The lowest BCUT2D eigenvalue weighted by Crippen LogP contribution is -2.07. The van der Waals surface area contributed by atoms with Crippen molar-refractivity contribution < 1.29 is 19.9 Å². The van der Waals surface area contributed by atoms with Crippen molar-refractivity contribution in [1.82, 2.24) is 0 Å². The normalized spacial score (nSPS) is 12.1. The number of aliphatic carboxylic acids is 1. The molecule has 2 N–H and O–H groups in total. The summed E-state index contributed by atoms with van der Waals surface area (Å²) in [4.78, 5) is 20.4. The summed E-state index contributed by atoms with van der Waals surface area (Å²) in [5, 5.41) is 26.6. The second-order valence-corrected chi connectivity index (χ2v) is 3.66. The smallest absolute Gasteiger partial charge is 0.326 e. The zero-order valence-electron chi connectivity index (χ0n) is 7.55. The van der Waals surface area contributed by atoms with Crippen LogP contribution < -0.4 is 0 Å². The molecule has 0 aromatic heterocycles. The zero-order valence-corrected chi connectivity index (χ0v) is 9.07. The lowest BCUT2D eigenvalue weighted by atomic mass is 10.1. The summed E-state index contributed by atoms with van der Waals surface area (Å²) >= 11 is 10.9. The van der Waals surface area contributed by atoms with Gasteiger partial charge >= 0.3 is 5.97 Å². The SMILES string of the molecule is O=C(O)C(Cl)c1cc(O)c(Cl)cc1[N+](=O)[O-]. The number of hydrogen-bond acceptors (Lipinski definition) is 4. The van der Waals surface area contributed by atoms with Crippen LogP contribution in [0.25, 0.3) is 0 Å². The number of carboxylic acids is 1. The molecule has 1 unspecified atom stereocenters. The predicted octanol–water partition coefficient (Wildman–Crippen LogP) is 2.32. The number of alkyl halides is 1. The van der Waals surface area contributed by atoms with Gasteiger partial charge in [-0.1, -0.05) is 11.6 Å². The molecule has 1 atom stereocenters. The number of carboxylic acid groups (broad SMARTS) is 1. The van der Waals surface area contributed by atoms with Gasteiger partial charge in [0.25, 0.3) is 5.69 Å². The highest BCUT2D eigenvalue weighted by atomic mass is 35.5. The molecule has 0 spiro atoms. The van der Waals surface area contributed by atoms with Crippen LogP contribution in [-0.4, -0.2) is 21.1 Å². The Morgan fingerprint density at radius 3 is 2.50 bits per heavy atom. The molecule has 0 aliphatic heterocycles. The number of nitro groups is 1. The molecule has 86 valence electrons. The molecular formula is C8H5Cl2NO5. The number of halogens is 2. The van der Waals surface area contributed by atoms with Crippen LogP contribution in [0.2, 0.25) is 5.02 Å². The van der Waals surface area contributed by atoms with E-state index in [4.69, 9.17) is 28.3 Å². The Hall–Kier alpha value is -1.53. The fourth-order valence-electron chi connectivity index (χ4n) is 1.06. The van der Waals surface area contributed by atoms with E-state index in [9.17, 15) is 20.0 Å². The average Bonchev–Trinajstić information content (AvgIpc) is 2.19. The van der Waals surface area contributed by atoms with Gasteiger partial charge in [0, 0.05) is 6.07 Å². The number of carbonyl (C=O) groups is 1. The summed E-state index contributed by atoms with van der Waals surface area (Å²) in [6, 6.07) is 1.72. The summed E-state index contributed by atoms with van der Waals surface area (Å²) in [6.45, 7) is 0. The van der Waals surface area contributed by atoms with E-state index in [0.717, 1.165) is 12.1 Å². The number of phenolic OH excluding ortho intramolecular Hbond substituents is 1. The Morgan fingerprint density at radius 2 is 2.06 bits per heavy atom. The molecule has 0 amide bonds. The third-order valence-corrected chi connectivity index (χ3v) is 2.51. The summed E-state index contributed by atoms with van der Waals surface area (Å²) in [5.41, 5.74) is -0.869. The maximum absolute atomic E-state index is 10.6. The molecule has 1 aromatic rings. The van der Waals surface area contributed by atoms with E-state index in [1.807, 2.05) is 0 Å². The van der Waals surface area contributed by atoms with Gasteiger partial charge in [0.05, 0.1) is 15.5 Å². The van der Waals surface area contributed by atoms with Gasteiger partial charge < -0.3 is 10.2 Å². The Balaban J connectivity index is 3.41. The van der Waals surface area contributed by atoms with Crippen LogP contribution in [0, 0.1) is 10.1 Å². The molecule has 0 saturated carbocycles. The minimum Gasteiger partial charge on any atom is -0.506 e. The van der Waals surface area contributed by atoms with Gasteiger partial charge in [0.15, 0.2) is 5.38 Å². The topological polar surface area (TPSA) is 101 Å². The summed E-state index contributed by atoms with van der Waals surface area (Å²) in [7, 11) is 0. The van der Waals surface area contributed by atoms with E-state index in [1.54, 1.807) is 0 Å². The van der Waals surface area contributed by atoms with Crippen molar-refractivity contribution in [2.75, 3.05) is 0 Å². The van der Waals surface area contributed by atoms with Gasteiger partial charge in [-0.3, -0.25) is 14.9 Å². The highest BCUT2D eigenvalue weighted by Crippen LogP contribution is 2.37. The maximum Gasteiger partial charge on any atom is 0.326 e. The van der Waals surface area contributed by atoms with E-state index in [-0.39, 0.29) is 10.6 Å². The highest BCUT2D eigenvalue weighted by molar-refractivity contribution is 6.33. The van der Waals surface area contributed by atoms with Crippen molar-refractivity contribution >= 4 is 34.9 Å². The standard InChI is InChI=1S/C8H5Cl2NO5/c9-4-2-5(11(15)16)3(1-6(4)12)7(10)8(13)14/h1-2,7,12H,(H,13,14). The Morgan fingerprint density at radius 1 is 1.50 bits per heavy atom. The Labute approximate surface area is 99.2 Å². The van der Waals surface area contributed by atoms with Crippen molar-refractivity contribution in [2.24, 2.45) is 0 Å². The van der Waals surface area contributed by atoms with E-state index in [1.165, 1.54) is 0 Å². The number of aromatic hydroxyl groups is 1. The summed E-state index contributed by atoms with van der Waals surface area (Å²) in [5.74, 6) is -1.92. The zero-order chi connectivity index (χ0) is 12.5. The van der Waals surface area contributed by atoms with Crippen LogP contribution >= 0.6 is 23.2 Å². The van der Waals surface area contributed by atoms with Crippen molar-refractivity contribution in [3.8, 4) is 5.75 Å². The van der Waals surface area contributed by atoms with E-state index in [2.05, 4.69) is 0 Å². The fourth-order valence-corrected chi connectivity index (χ4v) is 1.39. The molecule has 1 rings (SSSR count). The molecule has 0 fully saturated rings. The second-order valence-electron chi connectivity index (χ2n) is 2.82. The van der Waals surface area contributed by atoms with Crippen LogP contribution in [0.4, 0.5) is 5.69 Å². The van der Waals surface area contributed by atoms with Crippen molar-refractivity contribution in [1.29, 1.82) is 0 Å². The molecule has 0 aliphatic rings. The first-order chi connectivity index (χ1) is 7.34. The summed E-state index contributed by atoms with van der Waals surface area (Å²) in [6.07, 6.45) is 0. The molecule has 0 saturated heterocycles. The van der Waals surface area contributed by atoms with Crippen molar-refractivity contribution in [3.63, 3.8) is 0 Å². The molecule has 8 heteroatoms. The van der Waals surface area contributed by atoms with Crippen LogP contribution in [0.3, 0.4) is 0 Å². The van der Waals surface area contributed by atoms with Gasteiger partial charge in [-0.2, -0.15) is 0 Å². The molecular weight excluding hydrogens is 261 g/mol. The van der Waals surface area contributed by atoms with E-state index in [0.29, 0.717) is 0 Å². The molecule has 0 bridgehead atoms. The molecule has 16 heavy (non-hydrogen) atoms. The average molecular weight is 266 g/mol. The van der Waals surface area contributed by atoms with Crippen LogP contribution in [-0.2, 0) is 4.79 Å². The third-order valence-electron chi connectivity index (χ3n) is 1.78. The van der Waals surface area contributed by atoms with E-state index >= 15 is 0 Å². The number of phenols is 1. The quantitative estimate of drug-likeness (QED) is 0.496. The minimum absolute atomic E-state index is 0.246. The molecule has 0 heterocycles. The van der Waals surface area contributed by atoms with Crippen LogP contribution in [0.1, 0.15) is 10.9 Å². The van der Waals surface area contributed by atoms with Gasteiger partial charge in [-0.25, -0.2) is 0 Å². The van der Waals surface area contributed by atoms with Gasteiger partial charge in [0.1, 0.15) is 5.75 Å². The van der Waals surface area contributed by atoms with Gasteiger partial charge in [0.2, 0.25) is 0 Å². The lowest BCUT2D eigenvalue weighted by Gasteiger charge is -2.07. The maximum atomic E-state index is 10.6. The van der Waals surface area contributed by atoms with Crippen molar-refractivity contribution in [2.45, 2.75) is 5.38 Å². The van der Waals surface area contributed by atoms with Crippen LogP contribution in [0.5, 0.6) is 5.75 Å². The monoisotopic (exact) mass is 265 g/mol. The first kappa shape index (κ1) is 12.5. The Bertz CT molecular complexity index is 462. The fraction of sp³-hybridized carbons (Fsp3) is 0.125. The summed E-state index contributed by atoms with van der Waals surface area (Å²) < 4.78 is 0. The molecule has 0 radical (unpaired) electrons. The third kappa shape index (κ3) is 2.34. The highest BCUT2D eigenvalue weighted by Gasteiger charge is 2.27. The molecule has 1 aromatic carbocycles. The second kappa shape index (κ2) is 4.54. The number of nitro benzene ring substituents is 1. The van der Waals surface area contributed by atoms with Crippen LogP contribution in [0.15, 0.2) is 12.1 Å². The molecule has 6 nitrogen and oxygen atoms in total. The number of nitrogens with zero attached hydrogens (tertiary/aromatic N) is 1. The molecule has 0 aliphatic carbocycles. The first-order valence-electron chi connectivity index (χ1n) is 3.88. The lowest BCUT2D eigenvalue weighted by molar-refractivity contribution is -0.385. The van der Waals surface area contributed by atoms with Crippen molar-refractivity contribution in [3.05, 3.63) is 32.8 Å². The van der Waals surface area contributed by atoms with Gasteiger partial charge in [-0.05, 0) is 6.07 Å². The number of rotatable bonds is 3. The first-order valence-corrected chi connectivity index (χ1v) is 4.69.